The summed E-state index contributed by atoms with van der Waals surface area (Å²) in [5.41, 5.74) is 5.78. The van der Waals surface area contributed by atoms with Crippen molar-refractivity contribution in [1.82, 2.24) is 4.31 Å². The molecule has 1 atom stereocenters. The summed E-state index contributed by atoms with van der Waals surface area (Å²) in [7, 11) is -2.71. The second-order valence-corrected chi connectivity index (χ2v) is 6.81. The van der Waals surface area contributed by atoms with Crippen molar-refractivity contribution >= 4 is 21.7 Å². The minimum Gasteiger partial charge on any atom is -0.465 e. The van der Waals surface area contributed by atoms with E-state index in [0.717, 1.165) is 0 Å². The van der Waals surface area contributed by atoms with Crippen molar-refractivity contribution < 1.29 is 23.1 Å². The minimum atomic E-state index is -3.88. The molecule has 7 nitrogen and oxygen atoms in total. The fourth-order valence-corrected chi connectivity index (χ4v) is 4.00. The molecule has 1 fully saturated rings. The Kier molecular flexibility index (Phi) is 4.50. The maximum atomic E-state index is 12.7. The Hall–Kier alpha value is -1.64. The SMILES string of the molecule is COC(=O)c1cc(N)ccc1S(=O)(=O)N1CCC[C@H](O)C1. The van der Waals surface area contributed by atoms with E-state index in [9.17, 15) is 18.3 Å². The lowest BCUT2D eigenvalue weighted by atomic mass is 10.1. The number of β-amino-alcohol motifs (C(OH)–C–C–N with tert-alkyl or cyclic N) is 1. The monoisotopic (exact) mass is 314 g/mol. The molecule has 0 amide bonds. The lowest BCUT2D eigenvalue weighted by molar-refractivity contribution is 0.0596. The Bertz CT molecular complexity index is 644. The molecule has 1 saturated heterocycles. The first-order valence-corrected chi connectivity index (χ1v) is 7.96. The first-order valence-electron chi connectivity index (χ1n) is 6.52. The second kappa shape index (κ2) is 6.00. The Morgan fingerprint density at radius 3 is 2.81 bits per heavy atom. The predicted octanol–water partition coefficient (Wildman–Crippen LogP) is 0.201. The number of nitrogens with two attached hydrogens (primary N) is 1. The number of carbonyl (C=O) groups excluding carboxylic acids is 1. The van der Waals surface area contributed by atoms with Crippen LogP contribution in [0.1, 0.15) is 23.2 Å². The number of hydrogen-bond donors (Lipinski definition) is 2. The lowest BCUT2D eigenvalue weighted by Crippen LogP contribution is -2.42. The summed E-state index contributed by atoms with van der Waals surface area (Å²) in [6.45, 7) is 0.331. The molecule has 1 aromatic rings. The van der Waals surface area contributed by atoms with Gasteiger partial charge in [-0.15, -0.1) is 0 Å². The van der Waals surface area contributed by atoms with Crippen LogP contribution in [0.25, 0.3) is 0 Å². The number of aliphatic hydroxyl groups excluding tert-OH is 1. The largest absolute Gasteiger partial charge is 0.465 e. The summed E-state index contributed by atoms with van der Waals surface area (Å²) in [6.07, 6.45) is 0.449. The van der Waals surface area contributed by atoms with E-state index in [-0.39, 0.29) is 22.7 Å². The number of esters is 1. The molecule has 1 aliphatic rings. The molecule has 0 bridgehead atoms. The van der Waals surface area contributed by atoms with Gasteiger partial charge in [-0.1, -0.05) is 0 Å². The van der Waals surface area contributed by atoms with Crippen LogP contribution in [0.5, 0.6) is 0 Å². The molecular weight excluding hydrogens is 296 g/mol. The number of anilines is 1. The molecule has 0 radical (unpaired) electrons. The zero-order valence-electron chi connectivity index (χ0n) is 11.7. The molecule has 21 heavy (non-hydrogen) atoms. The zero-order valence-corrected chi connectivity index (χ0v) is 12.5. The predicted molar refractivity (Wildman–Crippen MR) is 76.2 cm³/mol. The molecule has 0 unspecified atom stereocenters. The summed E-state index contributed by atoms with van der Waals surface area (Å²) in [6, 6.07) is 3.98. The standard InChI is InChI=1S/C13H18N2O5S/c1-20-13(17)11-7-9(14)4-5-12(11)21(18,19)15-6-2-3-10(16)8-15/h4-5,7,10,16H,2-3,6,8,14H2,1H3/t10-/m0/s1. The quantitative estimate of drug-likeness (QED) is 0.609. The van der Waals surface area contributed by atoms with Crippen LogP contribution in [0.15, 0.2) is 23.1 Å². The van der Waals surface area contributed by atoms with Crippen molar-refractivity contribution in [3.05, 3.63) is 23.8 Å². The Labute approximate surface area is 123 Å². The van der Waals surface area contributed by atoms with Crippen molar-refractivity contribution in [2.24, 2.45) is 0 Å². The number of benzene rings is 1. The van der Waals surface area contributed by atoms with E-state index in [1.165, 1.54) is 29.6 Å². The van der Waals surface area contributed by atoms with E-state index in [1.54, 1.807) is 0 Å². The van der Waals surface area contributed by atoms with Gasteiger partial charge in [0.2, 0.25) is 10.0 Å². The van der Waals surface area contributed by atoms with Crippen molar-refractivity contribution in [2.75, 3.05) is 25.9 Å². The van der Waals surface area contributed by atoms with Crippen LogP contribution in [0.4, 0.5) is 5.69 Å². The molecular formula is C13H18N2O5S. The highest BCUT2D eigenvalue weighted by molar-refractivity contribution is 7.89. The van der Waals surface area contributed by atoms with Gasteiger partial charge in [0.05, 0.1) is 23.7 Å². The molecule has 1 aliphatic heterocycles. The molecule has 0 aromatic heterocycles. The van der Waals surface area contributed by atoms with Gasteiger partial charge in [0.25, 0.3) is 0 Å². The van der Waals surface area contributed by atoms with Gasteiger partial charge in [0, 0.05) is 18.8 Å². The second-order valence-electron chi connectivity index (χ2n) is 4.91. The normalized spacial score (nSPS) is 20.2. The maximum Gasteiger partial charge on any atom is 0.339 e. The number of carbonyl (C=O) groups is 1. The summed E-state index contributed by atoms with van der Waals surface area (Å²) >= 11 is 0. The van der Waals surface area contributed by atoms with Gasteiger partial charge >= 0.3 is 5.97 Å². The van der Waals surface area contributed by atoms with Gasteiger partial charge in [0.15, 0.2) is 0 Å². The zero-order chi connectivity index (χ0) is 15.6. The average molecular weight is 314 g/mol. The minimum absolute atomic E-state index is 0.0212. The molecule has 3 N–H and O–H groups in total. The Balaban J connectivity index is 2.47. The van der Waals surface area contributed by atoms with E-state index in [1.807, 2.05) is 0 Å². The number of hydrogen-bond acceptors (Lipinski definition) is 6. The molecule has 0 spiro atoms. The van der Waals surface area contributed by atoms with Crippen LogP contribution >= 0.6 is 0 Å². The van der Waals surface area contributed by atoms with Crippen molar-refractivity contribution in [2.45, 2.75) is 23.8 Å². The Morgan fingerprint density at radius 1 is 1.48 bits per heavy atom. The number of nitrogen functional groups attached to an aromatic ring is 1. The van der Waals surface area contributed by atoms with Gasteiger partial charge in [-0.3, -0.25) is 0 Å². The van der Waals surface area contributed by atoms with Gasteiger partial charge in [-0.2, -0.15) is 4.31 Å². The smallest absolute Gasteiger partial charge is 0.339 e. The first kappa shape index (κ1) is 15.7. The Morgan fingerprint density at radius 2 is 2.19 bits per heavy atom. The topological polar surface area (TPSA) is 110 Å². The van der Waals surface area contributed by atoms with E-state index in [0.29, 0.717) is 19.4 Å². The van der Waals surface area contributed by atoms with Crippen LogP contribution < -0.4 is 5.73 Å². The van der Waals surface area contributed by atoms with Gasteiger partial charge in [-0.05, 0) is 31.0 Å². The van der Waals surface area contributed by atoms with Crippen LogP contribution in [0.2, 0.25) is 0 Å². The molecule has 1 aromatic carbocycles. The summed E-state index contributed by atoms with van der Waals surface area (Å²) in [5.74, 6) is -0.765. The van der Waals surface area contributed by atoms with Crippen molar-refractivity contribution in [3.63, 3.8) is 0 Å². The van der Waals surface area contributed by atoms with E-state index in [4.69, 9.17) is 5.73 Å². The van der Waals surface area contributed by atoms with Gasteiger partial charge in [0.1, 0.15) is 0 Å². The number of nitrogens with zero attached hydrogens (tertiary/aromatic N) is 1. The van der Waals surface area contributed by atoms with Crippen LogP contribution in [0.3, 0.4) is 0 Å². The molecule has 0 saturated carbocycles. The summed E-state index contributed by atoms with van der Waals surface area (Å²) in [5, 5.41) is 9.64. The number of aliphatic hydroxyl groups is 1. The van der Waals surface area contributed by atoms with Crippen LogP contribution in [0, 0.1) is 0 Å². The van der Waals surface area contributed by atoms with Gasteiger partial charge < -0.3 is 15.6 Å². The molecule has 1 heterocycles. The van der Waals surface area contributed by atoms with Crippen molar-refractivity contribution in [3.8, 4) is 0 Å². The number of methoxy groups -OCH3 is 1. The maximum absolute atomic E-state index is 12.7. The van der Waals surface area contributed by atoms with Gasteiger partial charge in [-0.25, -0.2) is 13.2 Å². The third kappa shape index (κ3) is 3.17. The third-order valence-corrected chi connectivity index (χ3v) is 5.31. The highest BCUT2D eigenvalue weighted by Gasteiger charge is 2.32. The first-order chi connectivity index (χ1) is 9.86. The summed E-state index contributed by atoms with van der Waals surface area (Å²) in [4.78, 5) is 11.6. The number of rotatable bonds is 3. The molecule has 0 aliphatic carbocycles. The summed E-state index contributed by atoms with van der Waals surface area (Å²) < 4.78 is 31.1. The molecule has 2 rings (SSSR count). The number of piperidine rings is 1. The molecule has 116 valence electrons. The average Bonchev–Trinajstić information content (AvgIpc) is 2.46. The van der Waals surface area contributed by atoms with E-state index < -0.39 is 22.1 Å². The number of ether oxygens (including phenoxy) is 1. The lowest BCUT2D eigenvalue weighted by Gasteiger charge is -2.29. The highest BCUT2D eigenvalue weighted by Crippen LogP contribution is 2.25. The molecule has 8 heteroatoms. The fourth-order valence-electron chi connectivity index (χ4n) is 2.32. The van der Waals surface area contributed by atoms with Crippen LogP contribution in [-0.2, 0) is 14.8 Å². The van der Waals surface area contributed by atoms with E-state index in [2.05, 4.69) is 4.74 Å². The number of sulfonamides is 1. The van der Waals surface area contributed by atoms with Crippen LogP contribution in [-0.4, -0.2) is 50.1 Å². The third-order valence-electron chi connectivity index (χ3n) is 3.39. The fraction of sp³-hybridized carbons (Fsp3) is 0.462. The highest BCUT2D eigenvalue weighted by atomic mass is 32.2. The van der Waals surface area contributed by atoms with Crippen molar-refractivity contribution in [1.29, 1.82) is 0 Å². The van der Waals surface area contributed by atoms with E-state index >= 15 is 0 Å².